The van der Waals surface area contributed by atoms with Gasteiger partial charge in [0, 0.05) is 5.54 Å². The molecule has 0 aromatic heterocycles. The summed E-state index contributed by atoms with van der Waals surface area (Å²) in [6, 6.07) is 0. The van der Waals surface area contributed by atoms with Crippen molar-refractivity contribution in [1.29, 1.82) is 0 Å². The molecule has 0 atom stereocenters. The molecule has 72 valence electrons. The van der Waals surface area contributed by atoms with Gasteiger partial charge in [-0.2, -0.15) is 0 Å². The first-order chi connectivity index (χ1) is 5.48. The van der Waals surface area contributed by atoms with Crippen LogP contribution in [0.4, 0.5) is 4.79 Å². The topological polar surface area (TPSA) is 78.2 Å². The minimum Gasteiger partial charge on any atom is -0.530 e. The summed E-state index contributed by atoms with van der Waals surface area (Å²) in [5.41, 5.74) is 4.92. The van der Waals surface area contributed by atoms with Crippen LogP contribution in [0.2, 0.25) is 0 Å². The van der Waals surface area contributed by atoms with E-state index in [1.807, 2.05) is 13.8 Å². The van der Waals surface area contributed by atoms with Gasteiger partial charge in [0.2, 0.25) is 0 Å². The predicted molar refractivity (Wildman–Crippen MR) is 45.5 cm³/mol. The molecule has 0 aromatic carbocycles. The molecule has 0 aliphatic carbocycles. The Balaban J connectivity index is 3.63. The molecule has 3 N–H and O–H groups in total. The maximum absolute atomic E-state index is 10.2. The molecule has 0 fully saturated rings. The van der Waals surface area contributed by atoms with Gasteiger partial charge in [0.1, 0.15) is 6.09 Å². The maximum Gasteiger partial charge on any atom is 0.134 e. The molecule has 12 heavy (non-hydrogen) atoms. The molecule has 0 saturated carbocycles. The van der Waals surface area contributed by atoms with Gasteiger partial charge in [-0.1, -0.05) is 0 Å². The predicted octanol–water partition coefficient (Wildman–Crippen LogP) is -0.173. The molecular formula is C8H17N2O2-. The molecule has 4 nitrogen and oxygen atoms in total. The van der Waals surface area contributed by atoms with Gasteiger partial charge < -0.3 is 21.0 Å². The third-order valence-corrected chi connectivity index (χ3v) is 1.70. The third-order valence-electron chi connectivity index (χ3n) is 1.70. The number of nitrogens with two attached hydrogens (primary N) is 1. The van der Waals surface area contributed by atoms with Crippen LogP contribution in [0.1, 0.15) is 33.1 Å². The van der Waals surface area contributed by atoms with Crippen LogP contribution >= 0.6 is 0 Å². The monoisotopic (exact) mass is 173 g/mol. The van der Waals surface area contributed by atoms with E-state index >= 15 is 0 Å². The van der Waals surface area contributed by atoms with Crippen molar-refractivity contribution in [3.05, 3.63) is 0 Å². The Bertz CT molecular complexity index is 146. The second-order valence-electron chi connectivity index (χ2n) is 3.54. The van der Waals surface area contributed by atoms with E-state index in [0.29, 0.717) is 6.54 Å². The molecule has 0 unspecified atom stereocenters. The van der Waals surface area contributed by atoms with E-state index in [9.17, 15) is 9.90 Å². The first kappa shape index (κ1) is 11.2. The van der Waals surface area contributed by atoms with Crippen LogP contribution in [-0.4, -0.2) is 18.2 Å². The third kappa shape index (κ3) is 5.97. The molecule has 1 amide bonds. The highest BCUT2D eigenvalue weighted by molar-refractivity contribution is 5.62. The van der Waals surface area contributed by atoms with Gasteiger partial charge in [-0.3, -0.25) is 0 Å². The highest BCUT2D eigenvalue weighted by Crippen LogP contribution is 2.11. The van der Waals surface area contributed by atoms with E-state index in [2.05, 4.69) is 5.32 Å². The summed E-state index contributed by atoms with van der Waals surface area (Å²) in [5, 5.41) is 12.5. The van der Waals surface area contributed by atoms with E-state index in [-0.39, 0.29) is 0 Å². The summed E-state index contributed by atoms with van der Waals surface area (Å²) in [6.07, 6.45) is 1.44. The molecule has 0 spiro atoms. The average Bonchev–Trinajstić information content (AvgIpc) is 1.84. The normalized spacial score (nSPS) is 11.2. The molecule has 0 radical (unpaired) electrons. The van der Waals surface area contributed by atoms with E-state index in [1.54, 1.807) is 0 Å². The molecule has 0 rings (SSSR count). The Morgan fingerprint density at radius 3 is 2.50 bits per heavy atom. The Morgan fingerprint density at radius 1 is 1.50 bits per heavy atom. The highest BCUT2D eigenvalue weighted by atomic mass is 16.4. The highest BCUT2D eigenvalue weighted by Gasteiger charge is 2.15. The molecule has 4 heteroatoms. The second-order valence-corrected chi connectivity index (χ2v) is 3.54. The zero-order valence-electron chi connectivity index (χ0n) is 7.72. The largest absolute Gasteiger partial charge is 0.530 e. The minimum absolute atomic E-state index is 0.395. The van der Waals surface area contributed by atoms with Gasteiger partial charge in [-0.25, -0.2) is 0 Å². The summed E-state index contributed by atoms with van der Waals surface area (Å²) >= 11 is 0. The SMILES string of the molecule is CC(C)(CCCCN)NC(=O)[O-]. The van der Waals surface area contributed by atoms with Gasteiger partial charge in [-0.15, -0.1) is 0 Å². The Hall–Kier alpha value is -0.770. The fourth-order valence-corrected chi connectivity index (χ4v) is 1.05. The summed E-state index contributed by atoms with van der Waals surface area (Å²) in [4.78, 5) is 10.2. The molecule has 0 aliphatic rings. The number of unbranched alkanes of at least 4 members (excludes halogenated alkanes) is 1. The van der Waals surface area contributed by atoms with Crippen molar-refractivity contribution in [2.75, 3.05) is 6.54 Å². The fraction of sp³-hybridized carbons (Fsp3) is 0.875. The smallest absolute Gasteiger partial charge is 0.134 e. The van der Waals surface area contributed by atoms with Gasteiger partial charge >= 0.3 is 0 Å². The van der Waals surface area contributed by atoms with E-state index in [0.717, 1.165) is 19.3 Å². The van der Waals surface area contributed by atoms with Gasteiger partial charge in [0.05, 0.1) is 0 Å². The van der Waals surface area contributed by atoms with Crippen LogP contribution in [0.25, 0.3) is 0 Å². The molecule has 0 aromatic rings. The summed E-state index contributed by atoms with van der Waals surface area (Å²) < 4.78 is 0. The lowest BCUT2D eigenvalue weighted by Crippen LogP contribution is -2.49. The van der Waals surface area contributed by atoms with Crippen LogP contribution in [0.15, 0.2) is 0 Å². The fourth-order valence-electron chi connectivity index (χ4n) is 1.05. The number of rotatable bonds is 5. The maximum atomic E-state index is 10.2. The van der Waals surface area contributed by atoms with Crippen molar-refractivity contribution in [3.63, 3.8) is 0 Å². The number of hydrogen-bond donors (Lipinski definition) is 2. The quantitative estimate of drug-likeness (QED) is 0.566. The number of carbonyl (C=O) groups excluding carboxylic acids is 1. The minimum atomic E-state index is -1.22. The van der Waals surface area contributed by atoms with E-state index < -0.39 is 11.6 Å². The number of amides is 1. The van der Waals surface area contributed by atoms with Gasteiger partial charge in [-0.05, 0) is 39.7 Å². The molecule has 0 saturated heterocycles. The Kier molecular flexibility index (Phi) is 4.66. The van der Waals surface area contributed by atoms with Crippen molar-refractivity contribution in [2.24, 2.45) is 5.73 Å². The van der Waals surface area contributed by atoms with Crippen molar-refractivity contribution < 1.29 is 9.90 Å². The lowest BCUT2D eigenvalue weighted by molar-refractivity contribution is -0.252. The molecule has 0 heterocycles. The Morgan fingerprint density at radius 2 is 2.08 bits per heavy atom. The standard InChI is InChI=1S/C8H18N2O2/c1-8(2,10-7(11)12)5-3-4-6-9/h10H,3-6,9H2,1-2H3,(H,11,12)/p-1. The number of carbonyl (C=O) groups is 1. The van der Waals surface area contributed by atoms with Crippen molar-refractivity contribution in [3.8, 4) is 0 Å². The summed E-state index contributed by atoms with van der Waals surface area (Å²) in [5.74, 6) is 0. The average molecular weight is 173 g/mol. The lowest BCUT2D eigenvalue weighted by atomic mass is 9.97. The first-order valence-electron chi connectivity index (χ1n) is 4.17. The van der Waals surface area contributed by atoms with Crippen LogP contribution < -0.4 is 16.2 Å². The van der Waals surface area contributed by atoms with Gasteiger partial charge in [0.25, 0.3) is 0 Å². The van der Waals surface area contributed by atoms with Crippen LogP contribution in [0, 0.1) is 0 Å². The van der Waals surface area contributed by atoms with Crippen molar-refractivity contribution in [2.45, 2.75) is 38.6 Å². The number of hydrogen-bond acceptors (Lipinski definition) is 3. The number of nitrogens with one attached hydrogen (secondary N) is 1. The zero-order valence-corrected chi connectivity index (χ0v) is 7.72. The molecule has 0 bridgehead atoms. The van der Waals surface area contributed by atoms with Crippen molar-refractivity contribution >= 4 is 6.09 Å². The zero-order chi connectivity index (χ0) is 9.61. The van der Waals surface area contributed by atoms with E-state index in [1.165, 1.54) is 0 Å². The van der Waals surface area contributed by atoms with Crippen LogP contribution in [-0.2, 0) is 0 Å². The van der Waals surface area contributed by atoms with Gasteiger partial charge in [0.15, 0.2) is 0 Å². The second kappa shape index (κ2) is 4.98. The van der Waals surface area contributed by atoms with Crippen molar-refractivity contribution in [1.82, 2.24) is 5.32 Å². The Labute approximate surface area is 73.1 Å². The molecule has 0 aliphatic heterocycles. The molecular weight excluding hydrogens is 156 g/mol. The summed E-state index contributed by atoms with van der Waals surface area (Å²) in [7, 11) is 0. The summed E-state index contributed by atoms with van der Waals surface area (Å²) in [6.45, 7) is 4.32. The van der Waals surface area contributed by atoms with Crippen LogP contribution in [0.5, 0.6) is 0 Å². The first-order valence-corrected chi connectivity index (χ1v) is 4.17. The van der Waals surface area contributed by atoms with Crippen LogP contribution in [0.3, 0.4) is 0 Å². The van der Waals surface area contributed by atoms with E-state index in [4.69, 9.17) is 5.73 Å². The lowest BCUT2D eigenvalue weighted by Gasteiger charge is -2.27. The number of carboxylic acid groups (broad SMARTS) is 1.